The third-order valence-corrected chi connectivity index (χ3v) is 5.18. The van der Waals surface area contributed by atoms with Gasteiger partial charge in [-0.15, -0.1) is 6.58 Å². The number of non-ortho nitro benzene ring substituents is 1. The van der Waals surface area contributed by atoms with Gasteiger partial charge in [-0.1, -0.05) is 18.9 Å². The van der Waals surface area contributed by atoms with Crippen molar-refractivity contribution in [2.75, 3.05) is 39.8 Å². The SMILES string of the molecule is C=CCN(C)CCCCCCOC1CCN(C(=O)Oc2ccc([N+](=O)[O-])cc2)CC1. The molecule has 8 nitrogen and oxygen atoms in total. The molecule has 30 heavy (non-hydrogen) atoms. The van der Waals surface area contributed by atoms with E-state index in [-0.39, 0.29) is 11.8 Å². The van der Waals surface area contributed by atoms with E-state index in [0.717, 1.165) is 39.0 Å². The van der Waals surface area contributed by atoms with Crippen molar-refractivity contribution >= 4 is 11.8 Å². The van der Waals surface area contributed by atoms with Gasteiger partial charge < -0.3 is 19.3 Å². The highest BCUT2D eigenvalue weighted by molar-refractivity contribution is 5.70. The zero-order chi connectivity index (χ0) is 21.8. The van der Waals surface area contributed by atoms with E-state index in [1.165, 1.54) is 43.5 Å². The lowest BCUT2D eigenvalue weighted by Crippen LogP contribution is -2.42. The van der Waals surface area contributed by atoms with E-state index < -0.39 is 11.0 Å². The minimum Gasteiger partial charge on any atom is -0.410 e. The van der Waals surface area contributed by atoms with E-state index in [9.17, 15) is 14.9 Å². The molecule has 0 bridgehead atoms. The largest absolute Gasteiger partial charge is 0.415 e. The molecular weight excluding hydrogens is 386 g/mol. The fourth-order valence-electron chi connectivity index (χ4n) is 3.41. The molecule has 8 heteroatoms. The van der Waals surface area contributed by atoms with Crippen molar-refractivity contribution in [1.29, 1.82) is 0 Å². The van der Waals surface area contributed by atoms with Gasteiger partial charge >= 0.3 is 6.09 Å². The second-order valence-electron chi connectivity index (χ2n) is 7.64. The quantitative estimate of drug-likeness (QED) is 0.218. The summed E-state index contributed by atoms with van der Waals surface area (Å²) >= 11 is 0. The lowest BCUT2D eigenvalue weighted by atomic mass is 10.1. The molecule has 1 saturated heterocycles. The number of benzene rings is 1. The van der Waals surface area contributed by atoms with E-state index in [2.05, 4.69) is 18.5 Å². The number of likely N-dealkylation sites (tertiary alicyclic amines) is 1. The van der Waals surface area contributed by atoms with Crippen LogP contribution in [0.15, 0.2) is 36.9 Å². The first-order chi connectivity index (χ1) is 14.5. The maximum Gasteiger partial charge on any atom is 0.415 e. The van der Waals surface area contributed by atoms with Gasteiger partial charge in [0.2, 0.25) is 0 Å². The molecule has 0 N–H and O–H groups in total. The van der Waals surface area contributed by atoms with Crippen molar-refractivity contribution in [3.05, 3.63) is 47.0 Å². The number of nitrogens with zero attached hydrogens (tertiary/aromatic N) is 3. The number of nitro benzene ring substituents is 1. The lowest BCUT2D eigenvalue weighted by Gasteiger charge is -2.31. The standard InChI is InChI=1S/C22H33N3O5/c1-3-14-23(2)15-6-4-5-7-18-29-20-12-16-24(17-13-20)22(26)30-21-10-8-19(9-11-21)25(27)28/h3,8-11,20H,1,4-7,12-18H2,2H3. The molecule has 1 heterocycles. The number of rotatable bonds is 12. The zero-order valence-electron chi connectivity index (χ0n) is 17.8. The molecule has 2 rings (SSSR count). The Bertz CT molecular complexity index is 672. The van der Waals surface area contributed by atoms with Gasteiger partial charge in [0.25, 0.3) is 5.69 Å². The zero-order valence-corrected chi connectivity index (χ0v) is 17.8. The van der Waals surface area contributed by atoms with Crippen molar-refractivity contribution in [3.8, 4) is 5.75 Å². The molecule has 0 aromatic heterocycles. The summed E-state index contributed by atoms with van der Waals surface area (Å²) in [5.74, 6) is 0.305. The number of unbranched alkanes of at least 4 members (excludes halogenated alkanes) is 3. The number of piperidine rings is 1. The average molecular weight is 420 g/mol. The highest BCUT2D eigenvalue weighted by Gasteiger charge is 2.24. The van der Waals surface area contributed by atoms with Crippen LogP contribution >= 0.6 is 0 Å². The van der Waals surface area contributed by atoms with Crippen LogP contribution in [0, 0.1) is 10.1 Å². The van der Waals surface area contributed by atoms with Crippen LogP contribution in [0.2, 0.25) is 0 Å². The maximum absolute atomic E-state index is 12.3. The van der Waals surface area contributed by atoms with Crippen LogP contribution in [0.25, 0.3) is 0 Å². The van der Waals surface area contributed by atoms with Crippen LogP contribution in [0.3, 0.4) is 0 Å². The highest BCUT2D eigenvalue weighted by atomic mass is 16.6. The summed E-state index contributed by atoms with van der Waals surface area (Å²) in [5.41, 5.74) is -0.0345. The molecular formula is C22H33N3O5. The topological polar surface area (TPSA) is 85.2 Å². The second kappa shape index (κ2) is 13.0. The molecule has 1 fully saturated rings. The third-order valence-electron chi connectivity index (χ3n) is 5.18. The molecule has 0 aliphatic carbocycles. The van der Waals surface area contributed by atoms with Crippen LogP contribution < -0.4 is 4.74 Å². The molecule has 1 aliphatic rings. The van der Waals surface area contributed by atoms with Gasteiger partial charge in [0.1, 0.15) is 5.75 Å². The van der Waals surface area contributed by atoms with E-state index in [1.54, 1.807) is 4.90 Å². The third kappa shape index (κ3) is 8.51. The number of likely N-dealkylation sites (N-methyl/N-ethyl adjacent to an activating group) is 1. The minimum absolute atomic E-state index is 0.0345. The first-order valence-electron chi connectivity index (χ1n) is 10.6. The number of carbonyl (C=O) groups is 1. The molecule has 166 valence electrons. The number of hydrogen-bond acceptors (Lipinski definition) is 6. The summed E-state index contributed by atoms with van der Waals surface area (Å²) in [7, 11) is 2.11. The number of amides is 1. The van der Waals surface area contributed by atoms with Gasteiger partial charge in [0, 0.05) is 38.4 Å². The Kier molecular flexibility index (Phi) is 10.3. The van der Waals surface area contributed by atoms with Gasteiger partial charge in [-0.25, -0.2) is 4.79 Å². The van der Waals surface area contributed by atoms with E-state index in [1.807, 2.05) is 6.08 Å². The lowest BCUT2D eigenvalue weighted by molar-refractivity contribution is -0.384. The van der Waals surface area contributed by atoms with Crippen LogP contribution in [0.5, 0.6) is 5.75 Å². The Morgan fingerprint density at radius 3 is 2.53 bits per heavy atom. The number of carbonyl (C=O) groups excluding carboxylic acids is 1. The summed E-state index contributed by atoms with van der Waals surface area (Å²) in [6, 6.07) is 5.51. The van der Waals surface area contributed by atoms with Crippen LogP contribution in [-0.2, 0) is 4.74 Å². The maximum atomic E-state index is 12.3. The summed E-state index contributed by atoms with van der Waals surface area (Å²) in [6.45, 7) is 7.72. The molecule has 0 unspecified atom stereocenters. The summed E-state index contributed by atoms with van der Waals surface area (Å²) in [5, 5.41) is 10.7. The normalized spacial score (nSPS) is 14.7. The summed E-state index contributed by atoms with van der Waals surface area (Å²) in [4.78, 5) is 26.4. The molecule has 0 atom stereocenters. The Labute approximate surface area is 178 Å². The molecule has 1 aliphatic heterocycles. The van der Waals surface area contributed by atoms with Gasteiger partial charge in [0.05, 0.1) is 11.0 Å². The molecule has 1 aromatic rings. The Balaban J connectivity index is 1.55. The first-order valence-corrected chi connectivity index (χ1v) is 10.6. The summed E-state index contributed by atoms with van der Waals surface area (Å²) in [6.07, 6.45) is 7.90. The van der Waals surface area contributed by atoms with Crippen molar-refractivity contribution < 1.29 is 19.2 Å². The average Bonchev–Trinajstić information content (AvgIpc) is 2.74. The van der Waals surface area contributed by atoms with Crippen LogP contribution in [0.4, 0.5) is 10.5 Å². The first kappa shape index (κ1) is 23.8. The number of nitro groups is 1. The Hall–Kier alpha value is -2.45. The predicted molar refractivity (Wildman–Crippen MR) is 116 cm³/mol. The Morgan fingerprint density at radius 2 is 1.90 bits per heavy atom. The fourth-order valence-corrected chi connectivity index (χ4v) is 3.41. The van der Waals surface area contributed by atoms with E-state index >= 15 is 0 Å². The Morgan fingerprint density at radius 1 is 1.23 bits per heavy atom. The highest BCUT2D eigenvalue weighted by Crippen LogP contribution is 2.20. The number of ether oxygens (including phenoxy) is 2. The smallest absolute Gasteiger partial charge is 0.410 e. The molecule has 0 radical (unpaired) electrons. The van der Waals surface area contributed by atoms with Gasteiger partial charge in [-0.2, -0.15) is 0 Å². The summed E-state index contributed by atoms with van der Waals surface area (Å²) < 4.78 is 11.3. The van der Waals surface area contributed by atoms with Crippen LogP contribution in [-0.4, -0.2) is 66.8 Å². The monoisotopic (exact) mass is 419 g/mol. The van der Waals surface area contributed by atoms with Gasteiger partial charge in [-0.05, 0) is 51.4 Å². The fraction of sp³-hybridized carbons (Fsp3) is 0.591. The molecule has 1 aromatic carbocycles. The van der Waals surface area contributed by atoms with E-state index in [0.29, 0.717) is 18.8 Å². The van der Waals surface area contributed by atoms with Crippen molar-refractivity contribution in [2.24, 2.45) is 0 Å². The van der Waals surface area contributed by atoms with Crippen molar-refractivity contribution in [1.82, 2.24) is 9.80 Å². The number of hydrogen-bond donors (Lipinski definition) is 0. The van der Waals surface area contributed by atoms with Crippen molar-refractivity contribution in [2.45, 2.75) is 44.6 Å². The van der Waals surface area contributed by atoms with Gasteiger partial charge in [-0.3, -0.25) is 10.1 Å². The van der Waals surface area contributed by atoms with Gasteiger partial charge in [0.15, 0.2) is 0 Å². The van der Waals surface area contributed by atoms with Crippen LogP contribution in [0.1, 0.15) is 38.5 Å². The molecule has 0 saturated carbocycles. The second-order valence-corrected chi connectivity index (χ2v) is 7.64. The molecule has 0 spiro atoms. The minimum atomic E-state index is -0.487. The van der Waals surface area contributed by atoms with Crippen molar-refractivity contribution in [3.63, 3.8) is 0 Å². The van der Waals surface area contributed by atoms with E-state index in [4.69, 9.17) is 9.47 Å². The molecule has 1 amide bonds. The predicted octanol–water partition coefficient (Wildman–Crippen LogP) is 4.25.